The molecule has 0 bridgehead atoms. The summed E-state index contributed by atoms with van der Waals surface area (Å²) in [7, 11) is 2.21. The lowest BCUT2D eigenvalue weighted by Crippen LogP contribution is -2.55. The number of rotatable bonds is 4. The van der Waals surface area contributed by atoms with Crippen molar-refractivity contribution in [3.63, 3.8) is 0 Å². The van der Waals surface area contributed by atoms with Gasteiger partial charge in [-0.25, -0.2) is 0 Å². The molecule has 0 radical (unpaired) electrons. The molecule has 0 amide bonds. The van der Waals surface area contributed by atoms with Crippen LogP contribution in [0.1, 0.15) is 5.56 Å². The first kappa shape index (κ1) is 13.8. The molecule has 1 aliphatic rings. The minimum absolute atomic E-state index is 0. The molecule has 0 aliphatic carbocycles. The zero-order chi connectivity index (χ0) is 10.7. The van der Waals surface area contributed by atoms with Gasteiger partial charge in [0.1, 0.15) is 0 Å². The molecule has 2 rings (SSSR count). The maximum atomic E-state index is 3.31. The Labute approximate surface area is 108 Å². The van der Waals surface area contributed by atoms with Crippen LogP contribution in [0.25, 0.3) is 0 Å². The molecule has 16 heavy (non-hydrogen) atoms. The van der Waals surface area contributed by atoms with Crippen LogP contribution in [0.4, 0.5) is 0 Å². The second-order valence-electron chi connectivity index (χ2n) is 4.04. The highest BCUT2D eigenvalue weighted by molar-refractivity contribution is 7.98. The number of halogens is 1. The van der Waals surface area contributed by atoms with Crippen LogP contribution >= 0.6 is 24.2 Å². The second kappa shape index (κ2) is 6.50. The van der Waals surface area contributed by atoms with Crippen molar-refractivity contribution in [1.82, 2.24) is 10.2 Å². The van der Waals surface area contributed by atoms with Gasteiger partial charge in [-0.3, -0.25) is 4.90 Å². The van der Waals surface area contributed by atoms with E-state index in [1.165, 1.54) is 10.5 Å². The molecule has 1 N–H and O–H groups in total. The molecule has 0 atom stereocenters. The van der Waals surface area contributed by atoms with Crippen LogP contribution in [-0.2, 0) is 6.54 Å². The summed E-state index contributed by atoms with van der Waals surface area (Å²) >= 11 is 1.83. The zero-order valence-corrected chi connectivity index (χ0v) is 11.4. The molecule has 1 fully saturated rings. The van der Waals surface area contributed by atoms with Gasteiger partial charge < -0.3 is 5.32 Å². The maximum absolute atomic E-state index is 3.31. The first-order chi connectivity index (χ1) is 7.31. The Hall–Kier alpha value is -0.220. The summed E-state index contributed by atoms with van der Waals surface area (Å²) in [5.41, 5.74) is 1.44. The van der Waals surface area contributed by atoms with Crippen molar-refractivity contribution in [3.8, 4) is 0 Å². The standard InChI is InChI=1S/C12H18N2S.ClH/c1-14(11-7-13-8-11)9-10-5-3-4-6-12(10)15-2;/h3-6,11,13H,7-9H2,1-2H3;1H. The third-order valence-corrected chi connectivity index (χ3v) is 3.83. The third kappa shape index (κ3) is 3.14. The number of nitrogens with zero attached hydrogens (tertiary/aromatic N) is 1. The lowest BCUT2D eigenvalue weighted by molar-refractivity contribution is 0.172. The van der Waals surface area contributed by atoms with Crippen LogP contribution in [0, 0.1) is 0 Å². The second-order valence-corrected chi connectivity index (χ2v) is 4.89. The van der Waals surface area contributed by atoms with E-state index in [1.807, 2.05) is 11.8 Å². The van der Waals surface area contributed by atoms with Crippen LogP contribution in [-0.4, -0.2) is 37.3 Å². The van der Waals surface area contributed by atoms with Crippen molar-refractivity contribution in [2.75, 3.05) is 26.4 Å². The van der Waals surface area contributed by atoms with Crippen molar-refractivity contribution in [3.05, 3.63) is 29.8 Å². The molecule has 1 aromatic rings. The molecule has 1 aliphatic heterocycles. The fourth-order valence-electron chi connectivity index (χ4n) is 1.82. The summed E-state index contributed by atoms with van der Waals surface area (Å²) in [5, 5.41) is 3.31. The molecule has 0 unspecified atom stereocenters. The number of hydrogen-bond donors (Lipinski definition) is 1. The van der Waals surface area contributed by atoms with E-state index in [1.54, 1.807) is 0 Å². The molecule has 90 valence electrons. The van der Waals surface area contributed by atoms with E-state index < -0.39 is 0 Å². The van der Waals surface area contributed by atoms with E-state index in [2.05, 4.69) is 47.8 Å². The van der Waals surface area contributed by atoms with E-state index >= 15 is 0 Å². The quantitative estimate of drug-likeness (QED) is 0.834. The van der Waals surface area contributed by atoms with Gasteiger partial charge in [0.15, 0.2) is 0 Å². The molecule has 0 aromatic heterocycles. The summed E-state index contributed by atoms with van der Waals surface area (Å²) in [5.74, 6) is 0. The molecule has 4 heteroatoms. The van der Waals surface area contributed by atoms with Crippen molar-refractivity contribution >= 4 is 24.2 Å². The molecule has 1 saturated heterocycles. The van der Waals surface area contributed by atoms with Gasteiger partial charge in [-0.1, -0.05) is 18.2 Å². The number of hydrogen-bond acceptors (Lipinski definition) is 3. The largest absolute Gasteiger partial charge is 0.314 e. The van der Waals surface area contributed by atoms with Crippen LogP contribution in [0.5, 0.6) is 0 Å². The smallest absolute Gasteiger partial charge is 0.0345 e. The number of thioether (sulfide) groups is 1. The van der Waals surface area contributed by atoms with Crippen molar-refractivity contribution in [1.29, 1.82) is 0 Å². The molecular formula is C12H19ClN2S. The van der Waals surface area contributed by atoms with Crippen LogP contribution in [0.3, 0.4) is 0 Å². The highest BCUT2D eigenvalue weighted by atomic mass is 35.5. The van der Waals surface area contributed by atoms with Gasteiger partial charge in [0.05, 0.1) is 0 Å². The molecule has 0 saturated carbocycles. The van der Waals surface area contributed by atoms with E-state index in [0.717, 1.165) is 25.7 Å². The minimum Gasteiger partial charge on any atom is -0.314 e. The predicted molar refractivity (Wildman–Crippen MR) is 73.6 cm³/mol. The minimum atomic E-state index is 0. The Balaban J connectivity index is 0.00000128. The molecule has 1 heterocycles. The van der Waals surface area contributed by atoms with Gasteiger partial charge in [-0.05, 0) is 24.9 Å². The number of nitrogens with one attached hydrogen (secondary N) is 1. The summed E-state index contributed by atoms with van der Waals surface area (Å²) in [6.07, 6.45) is 2.14. The Kier molecular flexibility index (Phi) is 5.62. The summed E-state index contributed by atoms with van der Waals surface area (Å²) in [6.45, 7) is 3.33. The summed E-state index contributed by atoms with van der Waals surface area (Å²) < 4.78 is 0. The normalized spacial score (nSPS) is 15.7. The van der Waals surface area contributed by atoms with E-state index in [9.17, 15) is 0 Å². The Bertz CT molecular complexity index is 329. The third-order valence-electron chi connectivity index (χ3n) is 3.00. The van der Waals surface area contributed by atoms with Gasteiger partial charge >= 0.3 is 0 Å². The molecule has 0 spiro atoms. The van der Waals surface area contributed by atoms with Gasteiger partial charge in [-0.15, -0.1) is 24.2 Å². The fourth-order valence-corrected chi connectivity index (χ4v) is 2.43. The Morgan fingerprint density at radius 2 is 2.06 bits per heavy atom. The molecule has 1 aromatic carbocycles. The number of benzene rings is 1. The van der Waals surface area contributed by atoms with Gasteiger partial charge in [-0.2, -0.15) is 0 Å². The van der Waals surface area contributed by atoms with Gasteiger partial charge in [0, 0.05) is 30.6 Å². The lowest BCUT2D eigenvalue weighted by atomic mass is 10.1. The van der Waals surface area contributed by atoms with Crippen LogP contribution in [0.15, 0.2) is 29.2 Å². The van der Waals surface area contributed by atoms with Gasteiger partial charge in [0.2, 0.25) is 0 Å². The van der Waals surface area contributed by atoms with E-state index in [-0.39, 0.29) is 12.4 Å². The highest BCUT2D eigenvalue weighted by Gasteiger charge is 2.21. The van der Waals surface area contributed by atoms with Crippen molar-refractivity contribution < 1.29 is 0 Å². The van der Waals surface area contributed by atoms with Crippen LogP contribution in [0.2, 0.25) is 0 Å². The lowest BCUT2D eigenvalue weighted by Gasteiger charge is -2.35. The number of likely N-dealkylation sites (N-methyl/N-ethyl adjacent to an activating group) is 1. The monoisotopic (exact) mass is 258 g/mol. The summed E-state index contributed by atoms with van der Waals surface area (Å²) in [4.78, 5) is 3.84. The van der Waals surface area contributed by atoms with E-state index in [4.69, 9.17) is 0 Å². The zero-order valence-electron chi connectivity index (χ0n) is 9.77. The Morgan fingerprint density at radius 1 is 1.38 bits per heavy atom. The molecular weight excluding hydrogens is 240 g/mol. The molecule has 2 nitrogen and oxygen atoms in total. The van der Waals surface area contributed by atoms with E-state index in [0.29, 0.717) is 0 Å². The maximum Gasteiger partial charge on any atom is 0.0345 e. The predicted octanol–water partition coefficient (Wildman–Crippen LogP) is 2.23. The average Bonchev–Trinajstić information content (AvgIpc) is 2.15. The fraction of sp³-hybridized carbons (Fsp3) is 0.500. The first-order valence-corrected chi connectivity index (χ1v) is 6.56. The van der Waals surface area contributed by atoms with Crippen LogP contribution < -0.4 is 5.32 Å². The topological polar surface area (TPSA) is 15.3 Å². The van der Waals surface area contributed by atoms with Crippen molar-refractivity contribution in [2.45, 2.75) is 17.5 Å². The van der Waals surface area contributed by atoms with Gasteiger partial charge in [0.25, 0.3) is 0 Å². The van der Waals surface area contributed by atoms with Crippen molar-refractivity contribution in [2.24, 2.45) is 0 Å². The first-order valence-electron chi connectivity index (χ1n) is 5.34. The summed E-state index contributed by atoms with van der Waals surface area (Å²) in [6, 6.07) is 9.39. The Morgan fingerprint density at radius 3 is 2.62 bits per heavy atom. The average molecular weight is 259 g/mol. The SMILES string of the molecule is CSc1ccccc1CN(C)C1CNC1.Cl. The highest BCUT2D eigenvalue weighted by Crippen LogP contribution is 2.21.